The molecule has 0 aliphatic rings. The van der Waals surface area contributed by atoms with Crippen LogP contribution >= 0.6 is 0 Å². The highest BCUT2D eigenvalue weighted by atomic mass is 16.4. The monoisotopic (exact) mass is 272 g/mol. The Morgan fingerprint density at radius 2 is 1.84 bits per heavy atom. The molecular formula is C12H25BN2O4. The number of carbonyl (C=O) groups is 2. The molecule has 0 aliphatic heterocycles. The number of unbranched alkanes of at least 4 members (excludes halogenated alkanes) is 1. The van der Waals surface area contributed by atoms with Gasteiger partial charge in [0.15, 0.2) is 0 Å². The van der Waals surface area contributed by atoms with Crippen molar-refractivity contribution in [1.29, 1.82) is 0 Å². The van der Waals surface area contributed by atoms with E-state index >= 15 is 0 Å². The quantitative estimate of drug-likeness (QED) is 0.438. The summed E-state index contributed by atoms with van der Waals surface area (Å²) >= 11 is 0. The Kier molecular flexibility index (Phi) is 9.25. The lowest BCUT2D eigenvalue weighted by Crippen LogP contribution is -2.50. The maximum Gasteiger partial charge on any atom is 0.475 e. The van der Waals surface area contributed by atoms with Gasteiger partial charge in [0.05, 0.1) is 12.5 Å². The van der Waals surface area contributed by atoms with Crippen molar-refractivity contribution in [2.24, 2.45) is 5.92 Å². The molecule has 0 aliphatic carbocycles. The molecule has 0 rings (SSSR count). The molecule has 0 aromatic heterocycles. The summed E-state index contributed by atoms with van der Waals surface area (Å²) in [5.74, 6) is -1.06. The average Bonchev–Trinajstić information content (AvgIpc) is 2.32. The molecule has 1 atom stereocenters. The first-order valence-electron chi connectivity index (χ1n) is 6.79. The lowest BCUT2D eigenvalue weighted by Gasteiger charge is -2.19. The van der Waals surface area contributed by atoms with Crippen LogP contribution in [0.2, 0.25) is 0 Å². The van der Waals surface area contributed by atoms with Gasteiger partial charge in [-0.1, -0.05) is 27.2 Å². The van der Waals surface area contributed by atoms with Gasteiger partial charge in [-0.3, -0.25) is 9.59 Å². The van der Waals surface area contributed by atoms with Crippen molar-refractivity contribution >= 4 is 18.9 Å². The van der Waals surface area contributed by atoms with Crippen LogP contribution in [0.1, 0.15) is 46.5 Å². The number of hydrogen-bond donors (Lipinski definition) is 4. The molecule has 0 bridgehead atoms. The molecule has 7 heteroatoms. The Bertz CT molecular complexity index is 285. The summed E-state index contributed by atoms with van der Waals surface area (Å²) in [6, 6.07) is 0. The van der Waals surface area contributed by atoms with Gasteiger partial charge < -0.3 is 20.7 Å². The molecule has 6 nitrogen and oxygen atoms in total. The fourth-order valence-corrected chi connectivity index (χ4v) is 1.63. The average molecular weight is 272 g/mol. The number of nitrogens with one attached hydrogen (secondary N) is 2. The summed E-state index contributed by atoms with van der Waals surface area (Å²) in [4.78, 5) is 22.9. The molecule has 0 saturated carbocycles. The Morgan fingerprint density at radius 1 is 1.21 bits per heavy atom. The van der Waals surface area contributed by atoms with Crippen molar-refractivity contribution in [2.75, 3.05) is 6.54 Å². The fraction of sp³-hybridized carbons (Fsp3) is 0.833. The van der Waals surface area contributed by atoms with E-state index in [1.807, 2.05) is 20.8 Å². The molecule has 110 valence electrons. The number of carbonyl (C=O) groups excluding carboxylic acids is 2. The molecule has 0 radical (unpaired) electrons. The van der Waals surface area contributed by atoms with E-state index in [0.717, 1.165) is 12.8 Å². The second-order valence-electron chi connectivity index (χ2n) is 5.10. The first kappa shape index (κ1) is 17.9. The first-order chi connectivity index (χ1) is 8.86. The number of hydrogen-bond acceptors (Lipinski definition) is 4. The second kappa shape index (κ2) is 9.80. The van der Waals surface area contributed by atoms with Gasteiger partial charge in [-0.15, -0.1) is 0 Å². The van der Waals surface area contributed by atoms with Gasteiger partial charge in [-0.05, 0) is 18.8 Å². The van der Waals surface area contributed by atoms with Crippen LogP contribution in [0.5, 0.6) is 0 Å². The Morgan fingerprint density at radius 3 is 2.32 bits per heavy atom. The second-order valence-corrected chi connectivity index (χ2v) is 5.10. The summed E-state index contributed by atoms with van der Waals surface area (Å²) in [5.41, 5.74) is 0. The molecule has 0 aromatic carbocycles. The minimum absolute atomic E-state index is 0.135. The van der Waals surface area contributed by atoms with Crippen LogP contribution in [0.3, 0.4) is 0 Å². The predicted octanol–water partition coefficient (Wildman–Crippen LogP) is -0.164. The van der Waals surface area contributed by atoms with E-state index in [4.69, 9.17) is 10.0 Å². The minimum Gasteiger partial charge on any atom is -0.426 e. The maximum absolute atomic E-state index is 11.6. The smallest absolute Gasteiger partial charge is 0.426 e. The lowest BCUT2D eigenvalue weighted by molar-refractivity contribution is -0.126. The third-order valence-corrected chi connectivity index (χ3v) is 2.64. The predicted molar refractivity (Wildman–Crippen MR) is 74.1 cm³/mol. The van der Waals surface area contributed by atoms with E-state index < -0.39 is 19.0 Å². The highest BCUT2D eigenvalue weighted by molar-refractivity contribution is 6.43. The zero-order valence-electron chi connectivity index (χ0n) is 12.0. The van der Waals surface area contributed by atoms with E-state index in [9.17, 15) is 9.59 Å². The number of amides is 2. The third-order valence-electron chi connectivity index (χ3n) is 2.64. The van der Waals surface area contributed by atoms with Gasteiger partial charge in [0.2, 0.25) is 11.8 Å². The summed E-state index contributed by atoms with van der Waals surface area (Å²) in [5, 5.41) is 23.3. The molecular weight excluding hydrogens is 247 g/mol. The zero-order chi connectivity index (χ0) is 14.8. The summed E-state index contributed by atoms with van der Waals surface area (Å²) in [7, 11) is -1.60. The topological polar surface area (TPSA) is 98.7 Å². The van der Waals surface area contributed by atoms with Gasteiger partial charge >= 0.3 is 7.12 Å². The fourth-order valence-electron chi connectivity index (χ4n) is 1.63. The van der Waals surface area contributed by atoms with Crippen molar-refractivity contribution in [1.82, 2.24) is 10.6 Å². The molecule has 0 fully saturated rings. The molecule has 0 aromatic rings. The van der Waals surface area contributed by atoms with Crippen molar-refractivity contribution in [3.8, 4) is 0 Å². The van der Waals surface area contributed by atoms with E-state index in [0.29, 0.717) is 12.8 Å². The van der Waals surface area contributed by atoms with Gasteiger partial charge in [-0.2, -0.15) is 0 Å². The van der Waals surface area contributed by atoms with Gasteiger partial charge in [-0.25, -0.2) is 0 Å². The molecule has 19 heavy (non-hydrogen) atoms. The van der Waals surface area contributed by atoms with Crippen molar-refractivity contribution in [3.63, 3.8) is 0 Å². The van der Waals surface area contributed by atoms with E-state index in [-0.39, 0.29) is 18.4 Å². The molecule has 0 spiro atoms. The Balaban J connectivity index is 4.02. The summed E-state index contributed by atoms with van der Waals surface area (Å²) in [6.07, 6.45) is 2.58. The highest BCUT2D eigenvalue weighted by Gasteiger charge is 2.25. The lowest BCUT2D eigenvalue weighted by atomic mass is 9.75. The third kappa shape index (κ3) is 9.50. The normalized spacial score (nSPS) is 12.1. The number of rotatable bonds is 9. The molecule has 0 saturated heterocycles. The van der Waals surface area contributed by atoms with Gasteiger partial charge in [0.1, 0.15) is 0 Å². The van der Waals surface area contributed by atoms with Crippen molar-refractivity contribution in [3.05, 3.63) is 0 Å². The van der Waals surface area contributed by atoms with Crippen LogP contribution in [0.4, 0.5) is 0 Å². The highest BCUT2D eigenvalue weighted by Crippen LogP contribution is 2.05. The zero-order valence-corrected chi connectivity index (χ0v) is 12.0. The van der Waals surface area contributed by atoms with Crippen LogP contribution in [-0.4, -0.2) is 41.5 Å². The van der Waals surface area contributed by atoms with Crippen LogP contribution in [-0.2, 0) is 9.59 Å². The van der Waals surface area contributed by atoms with E-state index in [1.165, 1.54) is 0 Å². The van der Waals surface area contributed by atoms with E-state index in [1.54, 1.807) is 0 Å². The Hall–Kier alpha value is -1.08. The SMILES string of the molecule is CCCCC(=O)NCC(=O)N[C@@H](CC(C)C)B(O)O. The molecule has 0 heterocycles. The molecule has 0 unspecified atom stereocenters. The molecule has 4 N–H and O–H groups in total. The summed E-state index contributed by atoms with van der Waals surface area (Å²) < 4.78 is 0. The molecule has 2 amide bonds. The van der Waals surface area contributed by atoms with Crippen LogP contribution < -0.4 is 10.6 Å². The first-order valence-corrected chi connectivity index (χ1v) is 6.79. The summed E-state index contributed by atoms with van der Waals surface area (Å²) in [6.45, 7) is 5.70. The maximum atomic E-state index is 11.6. The van der Waals surface area contributed by atoms with Crippen LogP contribution in [0.15, 0.2) is 0 Å². The van der Waals surface area contributed by atoms with Crippen LogP contribution in [0, 0.1) is 5.92 Å². The van der Waals surface area contributed by atoms with E-state index in [2.05, 4.69) is 10.6 Å². The van der Waals surface area contributed by atoms with Crippen molar-refractivity contribution < 1.29 is 19.6 Å². The van der Waals surface area contributed by atoms with Gasteiger partial charge in [0, 0.05) is 6.42 Å². The van der Waals surface area contributed by atoms with Crippen molar-refractivity contribution in [2.45, 2.75) is 52.4 Å². The minimum atomic E-state index is -1.60. The Labute approximate surface area is 115 Å². The standard InChI is InChI=1S/C12H25BN2O4/c1-4-5-6-11(16)14-8-12(17)15-10(13(18)19)7-9(2)3/h9-10,18-19H,4-8H2,1-3H3,(H,14,16)(H,15,17)/t10-/m0/s1. The van der Waals surface area contributed by atoms with Gasteiger partial charge in [0.25, 0.3) is 0 Å². The van der Waals surface area contributed by atoms with Crippen LogP contribution in [0.25, 0.3) is 0 Å². The largest absolute Gasteiger partial charge is 0.475 e.